The third-order valence-electron chi connectivity index (χ3n) is 5.56. The Balaban J connectivity index is 1.86. The summed E-state index contributed by atoms with van der Waals surface area (Å²) in [6, 6.07) is 8.87. The fraction of sp³-hybridized carbons (Fsp3) is 0.375. The highest BCUT2D eigenvalue weighted by molar-refractivity contribution is 5.96. The van der Waals surface area contributed by atoms with Crippen LogP contribution in [0.5, 0.6) is 0 Å². The van der Waals surface area contributed by atoms with Crippen molar-refractivity contribution in [1.82, 2.24) is 20.3 Å². The Morgan fingerprint density at radius 2 is 1.94 bits per heavy atom. The number of nitrogens with one attached hydrogen (secondary N) is 3. The highest BCUT2D eigenvalue weighted by atomic mass is 16.3. The van der Waals surface area contributed by atoms with Gasteiger partial charge < -0.3 is 25.8 Å². The van der Waals surface area contributed by atoms with E-state index in [1.807, 2.05) is 52.0 Å². The number of benzene rings is 1. The smallest absolute Gasteiger partial charge is 0.268 e. The second kappa shape index (κ2) is 10.4. The zero-order chi connectivity index (χ0) is 23.3. The number of anilines is 1. The van der Waals surface area contributed by atoms with E-state index >= 15 is 0 Å². The fourth-order valence-corrected chi connectivity index (χ4v) is 3.74. The summed E-state index contributed by atoms with van der Waals surface area (Å²) in [5.74, 6) is 0.130. The lowest BCUT2D eigenvalue weighted by Gasteiger charge is -2.17. The van der Waals surface area contributed by atoms with Gasteiger partial charge in [0.2, 0.25) is 5.95 Å². The van der Waals surface area contributed by atoms with Crippen LogP contribution in [-0.4, -0.2) is 50.3 Å². The third kappa shape index (κ3) is 5.15. The lowest BCUT2D eigenvalue weighted by atomic mass is 10.0. The number of aromatic amines is 1. The molecule has 2 atom stereocenters. The number of H-pyrrole nitrogens is 1. The van der Waals surface area contributed by atoms with Crippen molar-refractivity contribution in [1.29, 1.82) is 0 Å². The SMILES string of the molecule is CC[C@@H](CO)Nc1nccc(-c2c(C)[nH]c(C(=O)NC(CO)c3cccc(C)c3)c2C)n1. The van der Waals surface area contributed by atoms with E-state index in [9.17, 15) is 15.0 Å². The standard InChI is InChI=1S/C24H31N5O3/c1-5-18(12-30)27-24-25-10-9-19(29-24)21-15(3)22(26-16(21)4)23(32)28-20(13-31)17-8-6-7-14(2)11-17/h6-11,18,20,26,30-31H,5,12-13H2,1-4H3,(H,28,32)(H,25,27,29)/t18-,20?/m0/s1. The summed E-state index contributed by atoms with van der Waals surface area (Å²) in [7, 11) is 0. The summed E-state index contributed by atoms with van der Waals surface area (Å²) in [5.41, 5.74) is 5.42. The highest BCUT2D eigenvalue weighted by Gasteiger charge is 2.22. The van der Waals surface area contributed by atoms with E-state index in [4.69, 9.17) is 0 Å². The number of aliphatic hydroxyl groups is 2. The van der Waals surface area contributed by atoms with Crippen molar-refractivity contribution in [3.05, 3.63) is 64.6 Å². The zero-order valence-electron chi connectivity index (χ0n) is 18.9. The van der Waals surface area contributed by atoms with Crippen LogP contribution in [0.2, 0.25) is 0 Å². The molecule has 0 saturated carbocycles. The number of amides is 1. The fourth-order valence-electron chi connectivity index (χ4n) is 3.74. The maximum absolute atomic E-state index is 13.1. The average Bonchev–Trinajstić information content (AvgIpc) is 3.09. The first-order valence-corrected chi connectivity index (χ1v) is 10.8. The molecule has 2 aromatic heterocycles. The van der Waals surface area contributed by atoms with Crippen molar-refractivity contribution in [2.75, 3.05) is 18.5 Å². The van der Waals surface area contributed by atoms with Crippen molar-refractivity contribution in [3.8, 4) is 11.3 Å². The summed E-state index contributed by atoms with van der Waals surface area (Å²) in [4.78, 5) is 25.1. The number of rotatable bonds is 9. The topological polar surface area (TPSA) is 123 Å². The largest absolute Gasteiger partial charge is 0.394 e. The van der Waals surface area contributed by atoms with Gasteiger partial charge in [-0.05, 0) is 44.4 Å². The third-order valence-corrected chi connectivity index (χ3v) is 5.56. The summed E-state index contributed by atoms with van der Waals surface area (Å²) in [6.07, 6.45) is 2.39. The van der Waals surface area contributed by atoms with Gasteiger partial charge in [-0.3, -0.25) is 4.79 Å². The van der Waals surface area contributed by atoms with Crippen molar-refractivity contribution >= 4 is 11.9 Å². The minimum Gasteiger partial charge on any atom is -0.394 e. The molecular formula is C24H31N5O3. The predicted molar refractivity (Wildman–Crippen MR) is 125 cm³/mol. The number of aromatic nitrogens is 3. The van der Waals surface area contributed by atoms with E-state index in [1.165, 1.54) is 0 Å². The number of carbonyl (C=O) groups excluding carboxylic acids is 1. The molecule has 5 N–H and O–H groups in total. The monoisotopic (exact) mass is 437 g/mol. The molecule has 0 aliphatic heterocycles. The van der Waals surface area contributed by atoms with Crippen molar-refractivity contribution in [2.24, 2.45) is 0 Å². The minimum absolute atomic E-state index is 0.0103. The lowest BCUT2D eigenvalue weighted by Crippen LogP contribution is -2.31. The van der Waals surface area contributed by atoms with Gasteiger partial charge in [0, 0.05) is 17.5 Å². The Kier molecular flexibility index (Phi) is 7.61. The van der Waals surface area contributed by atoms with Crippen molar-refractivity contribution in [2.45, 2.75) is 46.2 Å². The molecule has 0 spiro atoms. The van der Waals surface area contributed by atoms with E-state index in [2.05, 4.69) is 25.6 Å². The first kappa shape index (κ1) is 23.4. The number of aliphatic hydroxyl groups excluding tert-OH is 2. The molecule has 170 valence electrons. The van der Waals surface area contributed by atoms with E-state index < -0.39 is 6.04 Å². The van der Waals surface area contributed by atoms with Gasteiger partial charge in [-0.25, -0.2) is 9.97 Å². The van der Waals surface area contributed by atoms with E-state index in [0.29, 0.717) is 17.3 Å². The molecular weight excluding hydrogens is 406 g/mol. The van der Waals surface area contributed by atoms with Crippen LogP contribution in [0.25, 0.3) is 11.3 Å². The van der Waals surface area contributed by atoms with Gasteiger partial charge in [-0.15, -0.1) is 0 Å². The number of nitrogens with zero attached hydrogens (tertiary/aromatic N) is 2. The van der Waals surface area contributed by atoms with Crippen LogP contribution in [0, 0.1) is 20.8 Å². The molecule has 0 radical (unpaired) electrons. The van der Waals surface area contributed by atoms with Gasteiger partial charge in [0.25, 0.3) is 5.91 Å². The average molecular weight is 438 g/mol. The second-order valence-corrected chi connectivity index (χ2v) is 7.95. The van der Waals surface area contributed by atoms with Crippen LogP contribution < -0.4 is 10.6 Å². The van der Waals surface area contributed by atoms with Gasteiger partial charge in [0.05, 0.1) is 31.0 Å². The summed E-state index contributed by atoms with van der Waals surface area (Å²) < 4.78 is 0. The number of hydrogen-bond donors (Lipinski definition) is 5. The van der Waals surface area contributed by atoms with Crippen molar-refractivity contribution < 1.29 is 15.0 Å². The molecule has 0 fully saturated rings. The summed E-state index contributed by atoms with van der Waals surface area (Å²) in [5, 5.41) is 25.3. The molecule has 1 aromatic carbocycles. The molecule has 2 heterocycles. The van der Waals surface area contributed by atoms with Crippen LogP contribution >= 0.6 is 0 Å². The van der Waals surface area contributed by atoms with Crippen LogP contribution in [0.1, 0.15) is 52.3 Å². The number of carbonyl (C=O) groups is 1. The van der Waals surface area contributed by atoms with E-state index in [0.717, 1.165) is 34.4 Å². The molecule has 3 aromatic rings. The first-order valence-electron chi connectivity index (χ1n) is 10.8. The maximum Gasteiger partial charge on any atom is 0.268 e. The molecule has 8 heteroatoms. The van der Waals surface area contributed by atoms with Gasteiger partial charge in [-0.1, -0.05) is 36.8 Å². The van der Waals surface area contributed by atoms with Crippen molar-refractivity contribution in [3.63, 3.8) is 0 Å². The maximum atomic E-state index is 13.1. The van der Waals surface area contributed by atoms with E-state index in [1.54, 1.807) is 12.3 Å². The first-order chi connectivity index (χ1) is 15.4. The molecule has 8 nitrogen and oxygen atoms in total. The van der Waals surface area contributed by atoms with Crippen LogP contribution in [-0.2, 0) is 0 Å². The van der Waals surface area contributed by atoms with Gasteiger partial charge in [0.15, 0.2) is 0 Å². The van der Waals surface area contributed by atoms with E-state index in [-0.39, 0.29) is 25.2 Å². The normalized spacial score (nSPS) is 12.9. The molecule has 1 amide bonds. The molecule has 0 aliphatic rings. The molecule has 0 aliphatic carbocycles. The van der Waals surface area contributed by atoms with Gasteiger partial charge >= 0.3 is 0 Å². The van der Waals surface area contributed by atoms with Gasteiger partial charge in [-0.2, -0.15) is 0 Å². The van der Waals surface area contributed by atoms with Crippen LogP contribution in [0.3, 0.4) is 0 Å². The quantitative estimate of drug-likeness (QED) is 0.351. The molecule has 32 heavy (non-hydrogen) atoms. The minimum atomic E-state index is -0.506. The Morgan fingerprint density at radius 1 is 1.16 bits per heavy atom. The molecule has 0 saturated heterocycles. The summed E-state index contributed by atoms with van der Waals surface area (Å²) >= 11 is 0. The Morgan fingerprint density at radius 3 is 2.59 bits per heavy atom. The van der Waals surface area contributed by atoms with Crippen LogP contribution in [0.15, 0.2) is 36.5 Å². The number of hydrogen-bond acceptors (Lipinski definition) is 6. The molecule has 3 rings (SSSR count). The molecule has 1 unspecified atom stereocenters. The Labute approximate surface area is 188 Å². The lowest BCUT2D eigenvalue weighted by molar-refractivity contribution is 0.0911. The molecule has 0 bridgehead atoms. The highest BCUT2D eigenvalue weighted by Crippen LogP contribution is 2.29. The Bertz CT molecular complexity index is 1080. The summed E-state index contributed by atoms with van der Waals surface area (Å²) in [6.45, 7) is 7.49. The van der Waals surface area contributed by atoms with Gasteiger partial charge in [0.1, 0.15) is 5.69 Å². The predicted octanol–water partition coefficient (Wildman–Crippen LogP) is 3.04. The zero-order valence-corrected chi connectivity index (χ0v) is 18.9. The van der Waals surface area contributed by atoms with Crippen LogP contribution in [0.4, 0.5) is 5.95 Å². The second-order valence-electron chi connectivity index (χ2n) is 7.95. The number of aryl methyl sites for hydroxylation is 2. The Hall–Kier alpha value is -3.23.